The number of ether oxygens (including phenoxy) is 6. The highest BCUT2D eigenvalue weighted by Crippen LogP contribution is 2.69. The molecule has 0 radical (unpaired) electrons. The number of Topliss-reactive ketones (excluding diaryl/α,β-unsaturated/α-hetero) is 1. The highest BCUT2D eigenvalue weighted by molar-refractivity contribution is 5.87. The Morgan fingerprint density at radius 2 is 1.60 bits per heavy atom. The molecule has 7 fully saturated rings. The first-order valence-corrected chi connectivity index (χ1v) is 19.8. The molecule has 0 aromatic rings. The van der Waals surface area contributed by atoms with E-state index in [1.165, 1.54) is 5.57 Å². The lowest BCUT2D eigenvalue weighted by atomic mass is 9.46. The first-order valence-electron chi connectivity index (χ1n) is 19.8. The van der Waals surface area contributed by atoms with Crippen molar-refractivity contribution >= 4 is 5.78 Å². The molecule has 4 saturated heterocycles. The Kier molecular flexibility index (Phi) is 9.86. The molecule has 0 unspecified atom stereocenters. The lowest BCUT2D eigenvalue weighted by Gasteiger charge is -2.58. The van der Waals surface area contributed by atoms with Crippen LogP contribution in [0.3, 0.4) is 0 Å². The summed E-state index contributed by atoms with van der Waals surface area (Å²) in [4.78, 5) is 14.5. The van der Waals surface area contributed by atoms with Gasteiger partial charge in [0.2, 0.25) is 0 Å². The number of fused-ring (bicyclic) bond motifs is 7. The fourth-order valence-corrected chi connectivity index (χ4v) is 12.3. The van der Waals surface area contributed by atoms with Crippen molar-refractivity contribution in [1.29, 1.82) is 0 Å². The van der Waals surface area contributed by atoms with E-state index in [1.807, 2.05) is 0 Å². The zero-order valence-electron chi connectivity index (χ0n) is 31.1. The van der Waals surface area contributed by atoms with Crippen molar-refractivity contribution in [2.24, 2.45) is 46.3 Å². The van der Waals surface area contributed by atoms with Gasteiger partial charge in [0.15, 0.2) is 18.4 Å². The number of rotatable bonds is 5. The number of allylic oxidation sites excluding steroid dienone is 1. The molecule has 0 amide bonds. The van der Waals surface area contributed by atoms with Crippen LogP contribution in [0.1, 0.15) is 86.0 Å². The van der Waals surface area contributed by atoms with Crippen molar-refractivity contribution in [2.45, 2.75) is 165 Å². The molecule has 1 spiro atoms. The maximum atomic E-state index is 14.5. The fraction of sp³-hybridized carbons (Fsp3) is 0.923. The third-order valence-electron chi connectivity index (χ3n) is 15.4. The highest BCUT2D eigenvalue weighted by Gasteiger charge is 2.71. The van der Waals surface area contributed by atoms with Crippen LogP contribution in [-0.2, 0) is 33.2 Å². The molecule has 0 bridgehead atoms. The van der Waals surface area contributed by atoms with Crippen molar-refractivity contribution in [3.63, 3.8) is 0 Å². The van der Waals surface area contributed by atoms with Gasteiger partial charge in [0.25, 0.3) is 0 Å². The number of aliphatic hydroxyl groups is 6. The second-order valence-electron chi connectivity index (χ2n) is 18.1. The van der Waals surface area contributed by atoms with Crippen LogP contribution >= 0.6 is 0 Å². The number of hydrogen-bond donors (Lipinski definition) is 6. The summed E-state index contributed by atoms with van der Waals surface area (Å²) in [5.74, 6) is 1.61. The zero-order chi connectivity index (χ0) is 37.1. The first kappa shape index (κ1) is 37.8. The quantitative estimate of drug-likeness (QED) is 0.223. The van der Waals surface area contributed by atoms with Gasteiger partial charge in [-0.05, 0) is 74.5 Å². The standard InChI is InChI=1S/C39H60O13/c1-17-8-11-39(47-16-17)18(2)28-25(52-39)13-24-22-7-6-20-12-21(9-10-37(20,4)23(22)14-27(41)38(24,28)5)49-35-33(46)31(44)34(19(3)48-35)51-36-32(45)30(43)29(42)26(15-40)50-36/h6,17-19,21-26,28-36,40,42-46H,7-16H2,1-5H3/t17-,18+,19-,21+,22+,23+,24+,25+,26-,28+,29-,30+,31-,32-,33-,34+,35+,36+,37+,38-,39-/m1/s1. The minimum absolute atomic E-state index is 0.0466. The Bertz CT molecular complexity index is 1380. The van der Waals surface area contributed by atoms with E-state index < -0.39 is 79.2 Å². The summed E-state index contributed by atoms with van der Waals surface area (Å²) in [5.41, 5.74) is 0.729. The van der Waals surface area contributed by atoms with Crippen LogP contribution in [0.25, 0.3) is 0 Å². The number of hydrogen-bond acceptors (Lipinski definition) is 13. The molecule has 13 heteroatoms. The minimum atomic E-state index is -1.66. The monoisotopic (exact) mass is 736 g/mol. The lowest BCUT2D eigenvalue weighted by molar-refractivity contribution is -0.359. The van der Waals surface area contributed by atoms with E-state index in [0.29, 0.717) is 43.5 Å². The summed E-state index contributed by atoms with van der Waals surface area (Å²) in [6.45, 7) is 10.8. The van der Waals surface area contributed by atoms with Crippen molar-refractivity contribution in [2.75, 3.05) is 13.2 Å². The minimum Gasteiger partial charge on any atom is -0.394 e. The number of carbonyl (C=O) groups excluding carboxylic acids is 1. The van der Waals surface area contributed by atoms with E-state index in [4.69, 9.17) is 28.4 Å². The van der Waals surface area contributed by atoms with Gasteiger partial charge in [0.05, 0.1) is 31.5 Å². The van der Waals surface area contributed by atoms with E-state index in [0.717, 1.165) is 32.1 Å². The zero-order valence-corrected chi connectivity index (χ0v) is 31.1. The highest BCUT2D eigenvalue weighted by atomic mass is 16.7. The molecule has 21 atom stereocenters. The fourth-order valence-electron chi connectivity index (χ4n) is 12.3. The average Bonchev–Trinajstić information content (AvgIpc) is 3.57. The maximum absolute atomic E-state index is 14.5. The molecule has 0 aromatic carbocycles. The molecular formula is C39H60O13. The smallest absolute Gasteiger partial charge is 0.187 e. The van der Waals surface area contributed by atoms with Gasteiger partial charge < -0.3 is 59.1 Å². The summed E-state index contributed by atoms with van der Waals surface area (Å²) < 4.78 is 36.9. The maximum Gasteiger partial charge on any atom is 0.187 e. The molecule has 13 nitrogen and oxygen atoms in total. The van der Waals surface area contributed by atoms with E-state index in [1.54, 1.807) is 6.92 Å². The summed E-state index contributed by atoms with van der Waals surface area (Å²) in [7, 11) is 0. The van der Waals surface area contributed by atoms with Crippen LogP contribution in [0, 0.1) is 46.3 Å². The molecule has 0 aromatic heterocycles. The topological polar surface area (TPSA) is 194 Å². The summed E-state index contributed by atoms with van der Waals surface area (Å²) in [5, 5.41) is 62.5. The van der Waals surface area contributed by atoms with Crippen molar-refractivity contribution in [3.05, 3.63) is 11.6 Å². The molecule has 52 heavy (non-hydrogen) atoms. The van der Waals surface area contributed by atoms with Gasteiger partial charge in [-0.25, -0.2) is 0 Å². The van der Waals surface area contributed by atoms with E-state index in [-0.39, 0.29) is 41.3 Å². The molecule has 4 heterocycles. The van der Waals surface area contributed by atoms with E-state index in [9.17, 15) is 35.4 Å². The van der Waals surface area contributed by atoms with Crippen LogP contribution in [0.5, 0.6) is 0 Å². The van der Waals surface area contributed by atoms with Crippen molar-refractivity contribution in [3.8, 4) is 0 Å². The normalized spacial score (nSPS) is 57.5. The third-order valence-corrected chi connectivity index (χ3v) is 15.4. The predicted octanol–water partition coefficient (Wildman–Crippen LogP) is 1.57. The molecule has 6 N–H and O–H groups in total. The van der Waals surface area contributed by atoms with Gasteiger partial charge in [-0.1, -0.05) is 39.3 Å². The van der Waals surface area contributed by atoms with Crippen LogP contribution in [0.4, 0.5) is 0 Å². The summed E-state index contributed by atoms with van der Waals surface area (Å²) >= 11 is 0. The first-order chi connectivity index (χ1) is 24.6. The number of ketones is 1. The van der Waals surface area contributed by atoms with Gasteiger partial charge in [-0.3, -0.25) is 4.79 Å². The molecule has 4 aliphatic carbocycles. The Morgan fingerprint density at radius 1 is 0.865 bits per heavy atom. The van der Waals surface area contributed by atoms with Gasteiger partial charge >= 0.3 is 0 Å². The van der Waals surface area contributed by atoms with E-state index in [2.05, 4.69) is 33.8 Å². The summed E-state index contributed by atoms with van der Waals surface area (Å²) in [6, 6.07) is 0. The van der Waals surface area contributed by atoms with Crippen molar-refractivity contribution in [1.82, 2.24) is 0 Å². The molecule has 294 valence electrons. The van der Waals surface area contributed by atoms with Gasteiger partial charge in [0.1, 0.15) is 48.5 Å². The van der Waals surface area contributed by atoms with Gasteiger partial charge in [-0.15, -0.1) is 0 Å². The molecule has 8 rings (SSSR count). The SMILES string of the molecule is C[C@@H]1CC[C@@]2(OC1)O[C@H]1C[C@H]3[C@H]4CC=C5C[C@@H](O[C@@H]6O[C@H](C)[C@H](O[C@@H]7O[C@H](CO)[C@@H](O)[C@H](O)[C@H]7O)[C@H](O)[C@H]6O)CC[C@]5(C)[C@H]4CC(=O)[C@]3(C)[C@H]1[C@@H]2C. The Hall–Kier alpha value is -1.07. The lowest BCUT2D eigenvalue weighted by Crippen LogP contribution is -2.64. The molecular weight excluding hydrogens is 676 g/mol. The summed E-state index contributed by atoms with van der Waals surface area (Å²) in [6.07, 6.45) is -4.85. The van der Waals surface area contributed by atoms with Crippen LogP contribution in [0.2, 0.25) is 0 Å². The molecule has 4 aliphatic heterocycles. The van der Waals surface area contributed by atoms with Crippen LogP contribution < -0.4 is 0 Å². The van der Waals surface area contributed by atoms with Crippen LogP contribution in [-0.4, -0.2) is 129 Å². The van der Waals surface area contributed by atoms with Gasteiger partial charge in [0, 0.05) is 30.1 Å². The average molecular weight is 737 g/mol. The third kappa shape index (κ3) is 5.66. The number of carbonyl (C=O) groups is 1. The second kappa shape index (κ2) is 13.5. The largest absolute Gasteiger partial charge is 0.394 e. The van der Waals surface area contributed by atoms with Crippen molar-refractivity contribution < 1.29 is 63.9 Å². The second-order valence-corrected chi connectivity index (χ2v) is 18.1. The molecule has 8 aliphatic rings. The molecule has 3 saturated carbocycles. The van der Waals surface area contributed by atoms with Gasteiger partial charge in [-0.2, -0.15) is 0 Å². The van der Waals surface area contributed by atoms with E-state index >= 15 is 0 Å². The Morgan fingerprint density at radius 3 is 2.31 bits per heavy atom. The predicted molar refractivity (Wildman–Crippen MR) is 182 cm³/mol. The Labute approximate surface area is 305 Å². The Balaban J connectivity index is 0.919. The number of aliphatic hydroxyl groups excluding tert-OH is 6. The van der Waals surface area contributed by atoms with Crippen LogP contribution in [0.15, 0.2) is 11.6 Å².